The predicted molar refractivity (Wildman–Crippen MR) is 150 cm³/mol. The van der Waals surface area contributed by atoms with Crippen molar-refractivity contribution in [1.29, 1.82) is 0 Å². The Kier molecular flexibility index (Phi) is 8.31. The number of halogens is 3. The quantitative estimate of drug-likeness (QED) is 0.273. The molecule has 0 bridgehead atoms. The Hall–Kier alpha value is -1.91. The Morgan fingerprint density at radius 2 is 1.71 bits per heavy atom. The normalized spacial score (nSPS) is 17.9. The number of para-hydroxylation sites is 1. The predicted octanol–water partition coefficient (Wildman–Crippen LogP) is 6.78. The minimum absolute atomic E-state index is 0.204. The highest BCUT2D eigenvalue weighted by molar-refractivity contribution is 9.11. The number of amides is 2. The minimum atomic E-state index is -0.204. The number of urea groups is 1. The average molecular weight is 655 g/mol. The van der Waals surface area contributed by atoms with Gasteiger partial charge in [0.1, 0.15) is 5.82 Å². The summed E-state index contributed by atoms with van der Waals surface area (Å²) < 4.78 is 2.54. The smallest absolute Gasteiger partial charge is 0.319 e. The number of carbonyl (C=O) groups excluding carboxylic acids is 1. The van der Waals surface area contributed by atoms with Crippen molar-refractivity contribution in [3.05, 3.63) is 49.8 Å². The molecule has 0 saturated heterocycles. The number of nitrogens with one attached hydrogen (secondary N) is 3. The van der Waals surface area contributed by atoms with E-state index < -0.39 is 0 Å². The van der Waals surface area contributed by atoms with Crippen LogP contribution in [0.2, 0.25) is 0 Å². The first-order valence-corrected chi connectivity index (χ1v) is 13.6. The van der Waals surface area contributed by atoms with Crippen molar-refractivity contribution in [3.63, 3.8) is 0 Å². The van der Waals surface area contributed by atoms with Gasteiger partial charge in [0.05, 0.1) is 11.2 Å². The zero-order valence-corrected chi connectivity index (χ0v) is 23.8. The Labute approximate surface area is 224 Å². The van der Waals surface area contributed by atoms with Gasteiger partial charge in [0.2, 0.25) is 5.95 Å². The van der Waals surface area contributed by atoms with Gasteiger partial charge >= 0.3 is 6.03 Å². The number of fused-ring (bicyclic) bond motifs is 1. The number of hydrogen-bond acceptors (Lipinski definition) is 5. The SMILES string of the molecule is CN(C)c1nc(NC2CCC(CNC(=O)Nc3c(Br)cc(Br)cc3Br)CC2)nc2ccccc12. The lowest BCUT2D eigenvalue weighted by Gasteiger charge is -2.29. The lowest BCUT2D eigenvalue weighted by atomic mass is 9.86. The highest BCUT2D eigenvalue weighted by atomic mass is 79.9. The molecule has 4 rings (SSSR count). The van der Waals surface area contributed by atoms with E-state index in [1.807, 2.05) is 49.3 Å². The van der Waals surface area contributed by atoms with Crippen LogP contribution in [0.1, 0.15) is 25.7 Å². The molecule has 1 aliphatic carbocycles. The van der Waals surface area contributed by atoms with E-state index in [4.69, 9.17) is 9.97 Å². The van der Waals surface area contributed by atoms with Gasteiger partial charge < -0.3 is 20.9 Å². The van der Waals surface area contributed by atoms with Crippen LogP contribution in [-0.4, -0.2) is 42.7 Å². The second kappa shape index (κ2) is 11.2. The molecule has 2 aromatic carbocycles. The van der Waals surface area contributed by atoms with E-state index >= 15 is 0 Å². The van der Waals surface area contributed by atoms with E-state index in [1.54, 1.807) is 0 Å². The third-order valence-electron chi connectivity index (χ3n) is 5.98. The molecule has 180 valence electrons. The van der Waals surface area contributed by atoms with E-state index in [1.165, 1.54) is 0 Å². The standard InChI is InChI=1S/C24H27Br3N6O/c1-33(2)22-17-5-3-4-6-20(17)30-23(32-22)29-16-9-7-14(8-10-16)13-28-24(34)31-21-18(26)11-15(25)12-19(21)27/h3-6,11-12,14,16H,7-10,13H2,1-2H3,(H2,28,31,34)(H,29,30,32). The van der Waals surface area contributed by atoms with Gasteiger partial charge in [0.15, 0.2) is 0 Å². The summed E-state index contributed by atoms with van der Waals surface area (Å²) in [5.74, 6) is 2.05. The summed E-state index contributed by atoms with van der Waals surface area (Å²) >= 11 is 10.4. The average Bonchev–Trinajstić information content (AvgIpc) is 2.80. The van der Waals surface area contributed by atoms with Crippen molar-refractivity contribution < 1.29 is 4.79 Å². The Balaban J connectivity index is 1.28. The third-order valence-corrected chi connectivity index (χ3v) is 7.69. The maximum absolute atomic E-state index is 12.4. The van der Waals surface area contributed by atoms with E-state index in [2.05, 4.69) is 69.8 Å². The third kappa shape index (κ3) is 6.20. The molecule has 1 heterocycles. The number of benzene rings is 2. The van der Waals surface area contributed by atoms with Crippen molar-refractivity contribution in [1.82, 2.24) is 15.3 Å². The summed E-state index contributed by atoms with van der Waals surface area (Å²) in [4.78, 5) is 23.9. The van der Waals surface area contributed by atoms with Crippen LogP contribution in [0, 0.1) is 5.92 Å². The van der Waals surface area contributed by atoms with Crippen molar-refractivity contribution in [2.24, 2.45) is 5.92 Å². The zero-order chi connectivity index (χ0) is 24.2. The van der Waals surface area contributed by atoms with Gasteiger partial charge in [-0.05, 0) is 87.7 Å². The summed E-state index contributed by atoms with van der Waals surface area (Å²) in [6.45, 7) is 0.654. The van der Waals surface area contributed by atoms with Crippen LogP contribution >= 0.6 is 47.8 Å². The molecule has 0 aliphatic heterocycles. The van der Waals surface area contributed by atoms with Crippen LogP contribution in [0.4, 0.5) is 22.2 Å². The highest BCUT2D eigenvalue weighted by Gasteiger charge is 2.23. The molecular formula is C24H27Br3N6O. The van der Waals surface area contributed by atoms with Crippen molar-refractivity contribution >= 4 is 82.2 Å². The van der Waals surface area contributed by atoms with Crippen LogP contribution in [0.3, 0.4) is 0 Å². The summed E-state index contributed by atoms with van der Waals surface area (Å²) in [7, 11) is 4.00. The van der Waals surface area contributed by atoms with E-state index in [9.17, 15) is 4.79 Å². The number of rotatable bonds is 6. The van der Waals surface area contributed by atoms with Crippen molar-refractivity contribution in [2.45, 2.75) is 31.7 Å². The summed E-state index contributed by atoms with van der Waals surface area (Å²) in [5, 5.41) is 10.5. The molecule has 0 unspecified atom stereocenters. The molecule has 1 fully saturated rings. The van der Waals surface area contributed by atoms with Crippen LogP contribution in [-0.2, 0) is 0 Å². The molecule has 0 spiro atoms. The fraction of sp³-hybridized carbons (Fsp3) is 0.375. The van der Waals surface area contributed by atoms with E-state index in [0.717, 1.165) is 55.8 Å². The summed E-state index contributed by atoms with van der Waals surface area (Å²) in [5.41, 5.74) is 1.65. The lowest BCUT2D eigenvalue weighted by molar-refractivity contribution is 0.246. The van der Waals surface area contributed by atoms with Gasteiger partial charge in [-0.3, -0.25) is 0 Å². The second-order valence-electron chi connectivity index (χ2n) is 8.72. The molecular weight excluding hydrogens is 628 g/mol. The maximum atomic E-state index is 12.4. The Morgan fingerprint density at radius 3 is 2.38 bits per heavy atom. The van der Waals surface area contributed by atoms with E-state index in [0.29, 0.717) is 30.1 Å². The highest BCUT2D eigenvalue weighted by Crippen LogP contribution is 2.34. The first-order chi connectivity index (χ1) is 16.3. The van der Waals surface area contributed by atoms with Gasteiger partial charge in [-0.25, -0.2) is 9.78 Å². The zero-order valence-electron chi connectivity index (χ0n) is 19.0. The van der Waals surface area contributed by atoms with E-state index in [-0.39, 0.29) is 6.03 Å². The first-order valence-electron chi connectivity index (χ1n) is 11.2. The Bertz CT molecular complexity index is 1160. The molecule has 10 heteroatoms. The molecule has 2 amide bonds. The van der Waals surface area contributed by atoms with Crippen molar-refractivity contribution in [2.75, 3.05) is 36.2 Å². The summed E-state index contributed by atoms with van der Waals surface area (Å²) in [6, 6.07) is 12.0. The number of nitrogens with zero attached hydrogens (tertiary/aromatic N) is 3. The van der Waals surface area contributed by atoms with Crippen LogP contribution in [0.5, 0.6) is 0 Å². The van der Waals surface area contributed by atoms with Crippen LogP contribution < -0.4 is 20.9 Å². The fourth-order valence-corrected chi connectivity index (χ4v) is 6.67. The molecule has 1 aromatic heterocycles. The van der Waals surface area contributed by atoms with Crippen molar-refractivity contribution in [3.8, 4) is 0 Å². The molecule has 7 nitrogen and oxygen atoms in total. The lowest BCUT2D eigenvalue weighted by Crippen LogP contribution is -2.36. The minimum Gasteiger partial charge on any atom is -0.362 e. The molecule has 3 aromatic rings. The second-order valence-corrected chi connectivity index (χ2v) is 11.3. The monoisotopic (exact) mass is 652 g/mol. The maximum Gasteiger partial charge on any atom is 0.319 e. The van der Waals surface area contributed by atoms with Crippen LogP contribution in [0.15, 0.2) is 49.8 Å². The van der Waals surface area contributed by atoms with Crippen LogP contribution in [0.25, 0.3) is 10.9 Å². The van der Waals surface area contributed by atoms with Gasteiger partial charge in [0, 0.05) is 45.5 Å². The topological polar surface area (TPSA) is 82.2 Å². The summed E-state index contributed by atoms with van der Waals surface area (Å²) in [6.07, 6.45) is 4.12. The number of hydrogen-bond donors (Lipinski definition) is 3. The molecule has 0 atom stereocenters. The molecule has 1 aliphatic rings. The van der Waals surface area contributed by atoms with Gasteiger partial charge in [0.25, 0.3) is 0 Å². The molecule has 0 radical (unpaired) electrons. The molecule has 3 N–H and O–H groups in total. The number of aromatic nitrogens is 2. The number of anilines is 3. The fourth-order valence-electron chi connectivity index (χ4n) is 4.22. The van der Waals surface area contributed by atoms with Gasteiger partial charge in [-0.1, -0.05) is 28.1 Å². The largest absolute Gasteiger partial charge is 0.362 e. The molecule has 34 heavy (non-hydrogen) atoms. The van der Waals surface area contributed by atoms with Gasteiger partial charge in [-0.15, -0.1) is 0 Å². The van der Waals surface area contributed by atoms with Gasteiger partial charge in [-0.2, -0.15) is 4.98 Å². The molecule has 1 saturated carbocycles. The Morgan fingerprint density at radius 1 is 1.03 bits per heavy atom. The first kappa shape index (κ1) is 25.2. The number of carbonyl (C=O) groups is 1.